The van der Waals surface area contributed by atoms with Crippen LogP contribution >= 0.6 is 0 Å². The van der Waals surface area contributed by atoms with Crippen molar-refractivity contribution in [2.24, 2.45) is 0 Å². The minimum atomic E-state index is -1.11. The Hall–Kier alpha value is -0.903. The molecule has 1 aromatic rings. The second kappa shape index (κ2) is 5.17. The Bertz CT molecular complexity index is 384. The van der Waals surface area contributed by atoms with Crippen LogP contribution < -0.4 is 0 Å². The fraction of sp³-hybridized carbons (Fsp3) is 0.429. The lowest BCUT2D eigenvalue weighted by molar-refractivity contribution is -0.0441. The third-order valence-corrected chi connectivity index (χ3v) is 3.77. The molecule has 1 fully saturated rings. The molecule has 1 aliphatic rings. The Labute approximate surface area is 104 Å². The summed E-state index contributed by atoms with van der Waals surface area (Å²) in [6.45, 7) is 8.39. The summed E-state index contributed by atoms with van der Waals surface area (Å²) in [7, 11) is -1.11. The van der Waals surface area contributed by atoms with E-state index in [1.165, 1.54) is 5.56 Å². The molecule has 2 rings (SSSR count). The van der Waals surface area contributed by atoms with Gasteiger partial charge in [-0.05, 0) is 5.56 Å². The fourth-order valence-corrected chi connectivity index (χ4v) is 2.35. The van der Waals surface area contributed by atoms with Crippen molar-refractivity contribution < 1.29 is 9.47 Å². The van der Waals surface area contributed by atoms with Gasteiger partial charge >= 0.3 is 0 Å². The van der Waals surface area contributed by atoms with Crippen molar-refractivity contribution in [2.75, 3.05) is 13.2 Å². The lowest BCUT2D eigenvalue weighted by atomic mass is 10.1. The van der Waals surface area contributed by atoms with Gasteiger partial charge in [-0.3, -0.25) is 0 Å². The van der Waals surface area contributed by atoms with Crippen LogP contribution in [0.25, 0.3) is 6.08 Å². The van der Waals surface area contributed by atoms with E-state index in [4.69, 9.17) is 9.47 Å². The van der Waals surface area contributed by atoms with Crippen molar-refractivity contribution in [3.63, 3.8) is 0 Å². The molecule has 92 valence electrons. The lowest BCUT2D eigenvalue weighted by Crippen LogP contribution is -2.15. The molecule has 0 saturated carbocycles. The lowest BCUT2D eigenvalue weighted by Gasteiger charge is -2.10. The molecule has 1 aliphatic heterocycles. The maximum Gasteiger partial charge on any atom is 0.184 e. The number of hydrogen-bond acceptors (Lipinski definition) is 2. The summed E-state index contributed by atoms with van der Waals surface area (Å²) in [6, 6.07) is 8.41. The van der Waals surface area contributed by atoms with E-state index in [1.807, 2.05) is 0 Å². The predicted molar refractivity (Wildman–Crippen MR) is 73.5 cm³/mol. The van der Waals surface area contributed by atoms with Crippen molar-refractivity contribution in [1.29, 1.82) is 0 Å². The van der Waals surface area contributed by atoms with Crippen molar-refractivity contribution in [3.05, 3.63) is 41.1 Å². The predicted octanol–water partition coefficient (Wildman–Crippen LogP) is 3.62. The molecule has 0 aliphatic carbocycles. The molecule has 0 aromatic heterocycles. The van der Waals surface area contributed by atoms with E-state index in [2.05, 4.69) is 55.7 Å². The zero-order valence-corrected chi connectivity index (χ0v) is 11.8. The first-order valence-electron chi connectivity index (χ1n) is 6.07. The van der Waals surface area contributed by atoms with E-state index in [1.54, 1.807) is 0 Å². The topological polar surface area (TPSA) is 18.5 Å². The highest BCUT2D eigenvalue weighted by atomic mass is 28.3. The first-order chi connectivity index (χ1) is 8.04. The second-order valence-corrected chi connectivity index (χ2v) is 10.5. The molecular weight excluding hydrogens is 228 g/mol. The molecule has 3 heteroatoms. The van der Waals surface area contributed by atoms with Crippen LogP contribution in [0.2, 0.25) is 19.6 Å². The summed E-state index contributed by atoms with van der Waals surface area (Å²) >= 11 is 0. The van der Waals surface area contributed by atoms with Crippen molar-refractivity contribution in [2.45, 2.75) is 25.9 Å². The SMILES string of the molecule is C[Si](C)(C)/C=C/c1ccc(C2OCCO2)cc1. The van der Waals surface area contributed by atoms with Gasteiger partial charge in [0.1, 0.15) is 0 Å². The third kappa shape index (κ3) is 3.80. The summed E-state index contributed by atoms with van der Waals surface area (Å²) < 4.78 is 10.9. The smallest absolute Gasteiger partial charge is 0.184 e. The largest absolute Gasteiger partial charge is 0.346 e. The highest BCUT2D eigenvalue weighted by Gasteiger charge is 2.17. The van der Waals surface area contributed by atoms with E-state index < -0.39 is 8.07 Å². The van der Waals surface area contributed by atoms with Crippen LogP contribution in [0.3, 0.4) is 0 Å². The monoisotopic (exact) mass is 248 g/mol. The van der Waals surface area contributed by atoms with Gasteiger partial charge in [-0.2, -0.15) is 0 Å². The average molecular weight is 248 g/mol. The quantitative estimate of drug-likeness (QED) is 0.761. The van der Waals surface area contributed by atoms with Gasteiger partial charge in [0.15, 0.2) is 6.29 Å². The van der Waals surface area contributed by atoms with Gasteiger partial charge in [-0.25, -0.2) is 0 Å². The summed E-state index contributed by atoms with van der Waals surface area (Å²) in [5.74, 6) is 0. The normalized spacial score (nSPS) is 18.1. The molecule has 17 heavy (non-hydrogen) atoms. The number of ether oxygens (including phenoxy) is 2. The van der Waals surface area contributed by atoms with Crippen LogP contribution in [0, 0.1) is 0 Å². The van der Waals surface area contributed by atoms with Crippen molar-refractivity contribution in [1.82, 2.24) is 0 Å². The van der Waals surface area contributed by atoms with Gasteiger partial charge in [0.05, 0.1) is 21.3 Å². The Morgan fingerprint density at radius 1 is 1.06 bits per heavy atom. The van der Waals surface area contributed by atoms with Crippen LogP contribution in [0.4, 0.5) is 0 Å². The molecular formula is C14H20O2Si. The number of benzene rings is 1. The molecule has 0 atom stereocenters. The van der Waals surface area contributed by atoms with Crippen LogP contribution in [-0.2, 0) is 9.47 Å². The summed E-state index contributed by atoms with van der Waals surface area (Å²) in [4.78, 5) is 0. The summed E-state index contributed by atoms with van der Waals surface area (Å²) in [6.07, 6.45) is 2.05. The Morgan fingerprint density at radius 3 is 2.18 bits per heavy atom. The van der Waals surface area contributed by atoms with E-state index in [9.17, 15) is 0 Å². The minimum Gasteiger partial charge on any atom is -0.346 e. The molecule has 0 N–H and O–H groups in total. The number of hydrogen-bond donors (Lipinski definition) is 0. The first kappa shape index (κ1) is 12.6. The Balaban J connectivity index is 2.05. The van der Waals surface area contributed by atoms with E-state index >= 15 is 0 Å². The zero-order chi connectivity index (χ0) is 12.3. The van der Waals surface area contributed by atoms with Gasteiger partial charge in [-0.1, -0.05) is 55.7 Å². The molecule has 0 spiro atoms. The van der Waals surface area contributed by atoms with Gasteiger partial charge in [0.25, 0.3) is 0 Å². The molecule has 0 bridgehead atoms. The average Bonchev–Trinajstić information content (AvgIpc) is 2.79. The Kier molecular flexibility index (Phi) is 3.81. The van der Waals surface area contributed by atoms with E-state index in [0.29, 0.717) is 13.2 Å². The maximum absolute atomic E-state index is 5.46. The number of rotatable bonds is 3. The highest BCUT2D eigenvalue weighted by Crippen LogP contribution is 2.23. The first-order valence-corrected chi connectivity index (χ1v) is 9.65. The summed E-state index contributed by atoms with van der Waals surface area (Å²) in [5, 5.41) is 0. The van der Waals surface area contributed by atoms with Gasteiger partial charge < -0.3 is 9.47 Å². The van der Waals surface area contributed by atoms with Crippen LogP contribution in [0.1, 0.15) is 17.4 Å². The van der Waals surface area contributed by atoms with Crippen LogP contribution in [0.15, 0.2) is 30.0 Å². The molecule has 0 amide bonds. The highest BCUT2D eigenvalue weighted by molar-refractivity contribution is 6.81. The van der Waals surface area contributed by atoms with Crippen LogP contribution in [-0.4, -0.2) is 21.3 Å². The molecule has 1 aromatic carbocycles. The van der Waals surface area contributed by atoms with Gasteiger partial charge in [0, 0.05) is 5.56 Å². The second-order valence-electron chi connectivity index (χ2n) is 5.44. The van der Waals surface area contributed by atoms with E-state index in [0.717, 1.165) is 5.56 Å². The van der Waals surface area contributed by atoms with Gasteiger partial charge in [-0.15, -0.1) is 0 Å². The standard InChI is InChI=1S/C14H20O2Si/c1-17(2,3)11-8-12-4-6-13(7-5-12)14-15-9-10-16-14/h4-8,11,14H,9-10H2,1-3H3/b11-8+. The molecule has 2 nitrogen and oxygen atoms in total. The molecule has 0 unspecified atom stereocenters. The maximum atomic E-state index is 5.46. The zero-order valence-electron chi connectivity index (χ0n) is 10.8. The van der Waals surface area contributed by atoms with Crippen molar-refractivity contribution in [3.8, 4) is 0 Å². The van der Waals surface area contributed by atoms with Crippen LogP contribution in [0.5, 0.6) is 0 Å². The fourth-order valence-electron chi connectivity index (χ4n) is 1.66. The van der Waals surface area contributed by atoms with Crippen molar-refractivity contribution >= 4 is 14.1 Å². The molecule has 1 heterocycles. The molecule has 1 saturated heterocycles. The van der Waals surface area contributed by atoms with Gasteiger partial charge in [0.2, 0.25) is 0 Å². The Morgan fingerprint density at radius 2 is 1.65 bits per heavy atom. The third-order valence-electron chi connectivity index (χ3n) is 2.61. The van der Waals surface area contributed by atoms with E-state index in [-0.39, 0.29) is 6.29 Å². The summed E-state index contributed by atoms with van der Waals surface area (Å²) in [5.41, 5.74) is 4.70. The molecule has 0 radical (unpaired) electrons. The minimum absolute atomic E-state index is 0.162.